The molecule has 3 fully saturated rings. The van der Waals surface area contributed by atoms with E-state index in [4.69, 9.17) is 15.3 Å². The molecule has 1 aromatic heterocycles. The van der Waals surface area contributed by atoms with Gasteiger partial charge < -0.3 is 30.3 Å². The monoisotopic (exact) mass is 936 g/mol. The van der Waals surface area contributed by atoms with Crippen molar-refractivity contribution in [3.63, 3.8) is 0 Å². The highest BCUT2D eigenvalue weighted by Crippen LogP contribution is 2.42. The van der Waals surface area contributed by atoms with Gasteiger partial charge in [-0.25, -0.2) is 4.79 Å². The van der Waals surface area contributed by atoms with E-state index in [0.717, 1.165) is 58.9 Å². The Labute approximate surface area is 404 Å². The lowest BCUT2D eigenvalue weighted by molar-refractivity contribution is -0.158. The van der Waals surface area contributed by atoms with Crippen molar-refractivity contribution < 1.29 is 28.8 Å². The zero-order valence-corrected chi connectivity index (χ0v) is 38.7. The number of fused-ring (bicyclic) bond motifs is 1. The average Bonchev–Trinajstić information content (AvgIpc) is 4.13. The number of aromatic nitrogens is 2. The first-order chi connectivity index (χ1) is 33.7. The molecule has 346 valence electrons. The largest absolute Gasteiger partial charge is 0.448 e. The van der Waals surface area contributed by atoms with Gasteiger partial charge >= 0.3 is 5.97 Å². The molecule has 6 aromatic rings. The molecule has 3 unspecified atom stereocenters. The molecular formula is C53H49BN8O6S. The predicted octanol–water partition coefficient (Wildman–Crippen LogP) is 5.69. The van der Waals surface area contributed by atoms with E-state index in [1.54, 1.807) is 6.08 Å². The summed E-state index contributed by atoms with van der Waals surface area (Å²) in [7, 11) is 2.05. The number of allylic oxidation sites excluding steroid dienone is 2. The van der Waals surface area contributed by atoms with Crippen molar-refractivity contribution in [2.75, 3.05) is 25.4 Å². The van der Waals surface area contributed by atoms with Crippen LogP contribution in [0.5, 0.6) is 0 Å². The second-order valence-corrected chi connectivity index (χ2v) is 18.4. The first kappa shape index (κ1) is 45.1. The SMILES string of the molecule is BN1CCC(N2CC/C(=C\C3=C(C(=O)OC(c4ccccc4)c4ccccc4)N4C(=O)C(NC(=O)/C(=N/OC(c5ccccc5)(c5ccccc5)c5ccccc5)c5nsc(N)n5)C4CC3)C2=O)C1. The number of amides is 3. The average molecular weight is 937 g/mol. The number of carbonyl (C=O) groups excluding carboxylic acids is 4. The van der Waals surface area contributed by atoms with Crippen molar-refractivity contribution in [2.24, 2.45) is 5.16 Å². The van der Waals surface area contributed by atoms with Crippen molar-refractivity contribution in [2.45, 2.75) is 55.5 Å². The summed E-state index contributed by atoms with van der Waals surface area (Å²) in [5.41, 5.74) is 9.27. The molecule has 5 aromatic carbocycles. The molecule has 5 heterocycles. The Hall–Kier alpha value is -7.69. The summed E-state index contributed by atoms with van der Waals surface area (Å²) in [5.74, 6) is -2.18. The second kappa shape index (κ2) is 19.5. The highest BCUT2D eigenvalue weighted by Gasteiger charge is 2.54. The van der Waals surface area contributed by atoms with Crippen molar-refractivity contribution in [1.29, 1.82) is 0 Å². The summed E-state index contributed by atoms with van der Waals surface area (Å²) in [6, 6.07) is 45.9. The van der Waals surface area contributed by atoms with Crippen LogP contribution in [-0.4, -0.2) is 99.1 Å². The van der Waals surface area contributed by atoms with Crippen LogP contribution in [0.4, 0.5) is 5.13 Å². The van der Waals surface area contributed by atoms with E-state index in [-0.39, 0.29) is 34.3 Å². The Morgan fingerprint density at radius 2 is 1.36 bits per heavy atom. The molecule has 0 radical (unpaired) electrons. The lowest BCUT2D eigenvalue weighted by Gasteiger charge is -2.50. The molecule has 0 aliphatic carbocycles. The molecule has 3 saturated heterocycles. The normalized spacial score (nSPS) is 20.3. The number of nitrogens with one attached hydrogen (secondary N) is 1. The molecule has 4 aliphatic heterocycles. The number of rotatable bonds is 14. The van der Waals surface area contributed by atoms with Gasteiger partial charge in [-0.3, -0.25) is 19.3 Å². The van der Waals surface area contributed by atoms with Crippen LogP contribution in [0.25, 0.3) is 0 Å². The van der Waals surface area contributed by atoms with E-state index < -0.39 is 41.6 Å². The standard InChI is InChI=1S/C53H49BN8O6S/c54-60-30-29-41(33-60)61-31-28-37(49(61)64)32-36-26-27-42-43(50(65)62(42)45(36)51(66)67-46(34-16-6-1-7-17-34)35-18-8-2-9-19-35)56-48(63)44(47-57-52(55)69-59-47)58-68-53(38-20-10-3-11-21-38,39-22-12-4-13-23-39)40-24-14-5-15-25-40/h1-25,32,41-43,46H,26-31,33,54H2,(H,56,63)(H2,55,57,59)/b37-32+,58-44+. The summed E-state index contributed by atoms with van der Waals surface area (Å²) in [5, 5.41) is 7.58. The number of hydrogen-bond donors (Lipinski definition) is 2. The van der Waals surface area contributed by atoms with Crippen LogP contribution < -0.4 is 11.1 Å². The number of β-lactam (4-membered cyclic amide) rings is 1. The van der Waals surface area contributed by atoms with Gasteiger partial charge in [0.1, 0.15) is 11.7 Å². The molecule has 14 nitrogen and oxygen atoms in total. The number of nitrogens with two attached hydrogens (primary N) is 1. The minimum atomic E-state index is -1.35. The minimum Gasteiger partial charge on any atom is -0.448 e. The number of nitrogens with zero attached hydrogens (tertiary/aromatic N) is 6. The molecule has 69 heavy (non-hydrogen) atoms. The lowest BCUT2D eigenvalue weighted by Crippen LogP contribution is -2.72. The number of likely N-dealkylation sites (tertiary alicyclic amines) is 1. The smallest absolute Gasteiger partial charge is 0.356 e. The van der Waals surface area contributed by atoms with E-state index >= 15 is 0 Å². The molecule has 0 saturated carbocycles. The summed E-state index contributed by atoms with van der Waals surface area (Å²) < 4.78 is 10.8. The van der Waals surface area contributed by atoms with Gasteiger partial charge in [-0.2, -0.15) is 9.36 Å². The van der Waals surface area contributed by atoms with E-state index in [2.05, 4.69) is 32.6 Å². The maximum absolute atomic E-state index is 14.9. The second-order valence-electron chi connectivity index (χ2n) is 17.6. The fraction of sp³-hybridized carbons (Fsp3) is 0.226. The molecule has 3 amide bonds. The van der Waals surface area contributed by atoms with Crippen molar-refractivity contribution >= 4 is 54.0 Å². The number of hydrogen-bond acceptors (Lipinski definition) is 12. The lowest BCUT2D eigenvalue weighted by atomic mass is 9.80. The van der Waals surface area contributed by atoms with E-state index in [1.807, 2.05) is 157 Å². The van der Waals surface area contributed by atoms with Gasteiger partial charge in [0.15, 0.2) is 19.2 Å². The molecule has 16 heteroatoms. The van der Waals surface area contributed by atoms with Crippen LogP contribution in [0.1, 0.15) is 65.4 Å². The summed E-state index contributed by atoms with van der Waals surface area (Å²) in [6.07, 6.45) is 3.09. The van der Waals surface area contributed by atoms with E-state index in [0.29, 0.717) is 37.0 Å². The molecule has 0 spiro atoms. The van der Waals surface area contributed by atoms with E-state index in [9.17, 15) is 19.2 Å². The van der Waals surface area contributed by atoms with Crippen molar-refractivity contribution in [1.82, 2.24) is 29.3 Å². The van der Waals surface area contributed by atoms with Crippen molar-refractivity contribution in [3.8, 4) is 0 Å². The fourth-order valence-corrected chi connectivity index (χ4v) is 10.4. The summed E-state index contributed by atoms with van der Waals surface area (Å²) >= 11 is 0.888. The van der Waals surface area contributed by atoms with Gasteiger partial charge in [0.25, 0.3) is 11.8 Å². The molecule has 4 aliphatic rings. The van der Waals surface area contributed by atoms with Gasteiger partial charge in [-0.05, 0) is 55.0 Å². The van der Waals surface area contributed by atoms with Crippen LogP contribution in [0, 0.1) is 0 Å². The minimum absolute atomic E-state index is 0.0440. The number of benzene rings is 5. The zero-order valence-electron chi connectivity index (χ0n) is 37.9. The highest BCUT2D eigenvalue weighted by molar-refractivity contribution is 7.09. The van der Waals surface area contributed by atoms with Gasteiger partial charge in [0.05, 0.1) is 6.04 Å². The Morgan fingerprint density at radius 3 is 1.88 bits per heavy atom. The molecule has 3 atom stereocenters. The fourth-order valence-electron chi connectivity index (χ4n) is 9.98. The molecular weight excluding hydrogens is 888 g/mol. The number of esters is 1. The third kappa shape index (κ3) is 8.84. The number of ether oxygens (including phenoxy) is 1. The van der Waals surface area contributed by atoms with Crippen LogP contribution in [0.2, 0.25) is 0 Å². The van der Waals surface area contributed by atoms with Crippen molar-refractivity contribution in [3.05, 3.63) is 208 Å². The molecule has 3 N–H and O–H groups in total. The quantitative estimate of drug-likeness (QED) is 0.0263. The van der Waals surface area contributed by atoms with Gasteiger partial charge in [-0.1, -0.05) is 157 Å². The van der Waals surface area contributed by atoms with Gasteiger partial charge in [0.2, 0.25) is 23.0 Å². The van der Waals surface area contributed by atoms with Crippen LogP contribution in [0.15, 0.2) is 180 Å². The molecule has 0 bridgehead atoms. The maximum Gasteiger partial charge on any atom is 0.356 e. The zero-order chi connectivity index (χ0) is 47.5. The third-order valence-corrected chi connectivity index (χ3v) is 13.9. The Kier molecular flexibility index (Phi) is 12.8. The third-order valence-electron chi connectivity index (χ3n) is 13.4. The summed E-state index contributed by atoms with van der Waals surface area (Å²) in [4.78, 5) is 74.8. The first-order valence-corrected chi connectivity index (χ1v) is 23.9. The van der Waals surface area contributed by atoms with Crippen LogP contribution >= 0.6 is 11.5 Å². The topological polar surface area (TPSA) is 173 Å². The van der Waals surface area contributed by atoms with Gasteiger partial charge in [0, 0.05) is 52.9 Å². The highest BCUT2D eigenvalue weighted by atomic mass is 32.1. The van der Waals surface area contributed by atoms with E-state index in [1.165, 1.54) is 4.90 Å². The van der Waals surface area contributed by atoms with Crippen LogP contribution in [-0.2, 0) is 34.4 Å². The predicted molar refractivity (Wildman–Crippen MR) is 264 cm³/mol. The Balaban J connectivity index is 0.988. The van der Waals surface area contributed by atoms with Gasteiger partial charge in [-0.15, -0.1) is 0 Å². The molecule has 10 rings (SSSR count). The Bertz CT molecular complexity index is 2820. The Morgan fingerprint density at radius 1 is 0.797 bits per heavy atom. The maximum atomic E-state index is 14.9. The number of oxime groups is 1. The van der Waals surface area contributed by atoms with Crippen LogP contribution in [0.3, 0.4) is 0 Å². The first-order valence-electron chi connectivity index (χ1n) is 23.1. The summed E-state index contributed by atoms with van der Waals surface area (Å²) in [6.45, 7) is 2.30. The number of carbonyl (C=O) groups is 4. The number of anilines is 1. The number of nitrogen functional groups attached to an aromatic ring is 1.